The van der Waals surface area contributed by atoms with Gasteiger partial charge in [-0.05, 0) is 49.9 Å². The second kappa shape index (κ2) is 6.74. The number of aromatic nitrogens is 1. The van der Waals surface area contributed by atoms with Gasteiger partial charge in [-0.1, -0.05) is 32.4 Å². The smallest absolute Gasteiger partial charge is 0.129 e. The maximum atomic E-state index is 4.89. The standard InChI is InChI=1S/C18H26N2/c1-5-7-11-20(10-6-2)18-13-15(4)16-9-8-14(3)12-17(16)19-18/h8-9,12-13H,5-7,10-11H2,1-4H3. The lowest BCUT2D eigenvalue weighted by molar-refractivity contribution is 0.697. The van der Waals surface area contributed by atoms with Gasteiger partial charge in [0.05, 0.1) is 5.52 Å². The SMILES string of the molecule is CCCCN(CCC)c1cc(C)c2ccc(C)cc2n1. The summed E-state index contributed by atoms with van der Waals surface area (Å²) in [6, 6.07) is 8.78. The normalized spacial score (nSPS) is 11.0. The predicted octanol–water partition coefficient (Wildman–Crippen LogP) is 4.87. The Kier molecular flexibility index (Phi) is 4.99. The Labute approximate surface area is 122 Å². The second-order valence-corrected chi connectivity index (χ2v) is 5.66. The summed E-state index contributed by atoms with van der Waals surface area (Å²) in [6.07, 6.45) is 3.62. The van der Waals surface area contributed by atoms with Gasteiger partial charge in [0, 0.05) is 18.5 Å². The predicted molar refractivity (Wildman–Crippen MR) is 88.6 cm³/mol. The van der Waals surface area contributed by atoms with Crippen LogP contribution in [-0.2, 0) is 0 Å². The molecule has 0 atom stereocenters. The first-order valence-corrected chi connectivity index (χ1v) is 7.78. The van der Waals surface area contributed by atoms with Crippen molar-refractivity contribution < 1.29 is 0 Å². The molecule has 0 saturated carbocycles. The summed E-state index contributed by atoms with van der Waals surface area (Å²) in [5, 5.41) is 1.27. The van der Waals surface area contributed by atoms with Crippen LogP contribution < -0.4 is 4.90 Å². The average Bonchev–Trinajstić information content (AvgIpc) is 2.42. The van der Waals surface area contributed by atoms with E-state index in [0.717, 1.165) is 30.8 Å². The van der Waals surface area contributed by atoms with Crippen molar-refractivity contribution >= 4 is 16.7 Å². The van der Waals surface area contributed by atoms with Crippen molar-refractivity contribution in [3.05, 3.63) is 35.4 Å². The number of hydrogen-bond acceptors (Lipinski definition) is 2. The third-order valence-corrected chi connectivity index (χ3v) is 3.76. The highest BCUT2D eigenvalue weighted by atomic mass is 15.2. The number of nitrogens with zero attached hydrogens (tertiary/aromatic N) is 2. The number of pyridine rings is 1. The molecule has 1 heterocycles. The van der Waals surface area contributed by atoms with Crippen molar-refractivity contribution in [2.45, 2.75) is 47.0 Å². The molecule has 0 bridgehead atoms. The van der Waals surface area contributed by atoms with Crippen LogP contribution in [-0.4, -0.2) is 18.1 Å². The zero-order valence-electron chi connectivity index (χ0n) is 13.2. The minimum atomic E-state index is 1.09. The molecular weight excluding hydrogens is 244 g/mol. The van der Waals surface area contributed by atoms with Crippen LogP contribution in [0, 0.1) is 13.8 Å². The monoisotopic (exact) mass is 270 g/mol. The quantitative estimate of drug-likeness (QED) is 0.744. The maximum absolute atomic E-state index is 4.89. The van der Waals surface area contributed by atoms with Gasteiger partial charge in [0.1, 0.15) is 5.82 Å². The Morgan fingerprint density at radius 3 is 2.50 bits per heavy atom. The lowest BCUT2D eigenvalue weighted by Crippen LogP contribution is -2.26. The van der Waals surface area contributed by atoms with Gasteiger partial charge in [0.15, 0.2) is 0 Å². The molecule has 0 amide bonds. The van der Waals surface area contributed by atoms with E-state index in [0.29, 0.717) is 0 Å². The van der Waals surface area contributed by atoms with Crippen LogP contribution in [0.3, 0.4) is 0 Å². The maximum Gasteiger partial charge on any atom is 0.129 e. The van der Waals surface area contributed by atoms with Crippen LogP contribution in [0.4, 0.5) is 5.82 Å². The largest absolute Gasteiger partial charge is 0.357 e. The van der Waals surface area contributed by atoms with Crippen molar-refractivity contribution in [3.63, 3.8) is 0 Å². The molecule has 0 aliphatic carbocycles. The summed E-state index contributed by atoms with van der Waals surface area (Å²) in [5.74, 6) is 1.14. The zero-order valence-corrected chi connectivity index (χ0v) is 13.2. The van der Waals surface area contributed by atoms with Crippen molar-refractivity contribution in [1.82, 2.24) is 4.98 Å². The first-order chi connectivity index (χ1) is 9.65. The summed E-state index contributed by atoms with van der Waals surface area (Å²) in [6.45, 7) is 11.0. The molecule has 0 spiro atoms. The number of fused-ring (bicyclic) bond motifs is 1. The first kappa shape index (κ1) is 14.8. The van der Waals surface area contributed by atoms with Crippen molar-refractivity contribution in [2.75, 3.05) is 18.0 Å². The summed E-state index contributed by atoms with van der Waals surface area (Å²) in [4.78, 5) is 7.32. The molecule has 0 unspecified atom stereocenters. The van der Waals surface area contributed by atoms with E-state index in [1.54, 1.807) is 0 Å². The van der Waals surface area contributed by atoms with Gasteiger partial charge >= 0.3 is 0 Å². The summed E-state index contributed by atoms with van der Waals surface area (Å²) >= 11 is 0. The summed E-state index contributed by atoms with van der Waals surface area (Å²) < 4.78 is 0. The number of rotatable bonds is 6. The molecular formula is C18H26N2. The van der Waals surface area contributed by atoms with E-state index in [-0.39, 0.29) is 0 Å². The fourth-order valence-electron chi connectivity index (χ4n) is 2.62. The van der Waals surface area contributed by atoms with Gasteiger partial charge in [-0.2, -0.15) is 0 Å². The lowest BCUT2D eigenvalue weighted by Gasteiger charge is -2.24. The summed E-state index contributed by atoms with van der Waals surface area (Å²) in [7, 11) is 0. The third kappa shape index (κ3) is 3.30. The van der Waals surface area contributed by atoms with Gasteiger partial charge in [-0.3, -0.25) is 0 Å². The van der Waals surface area contributed by atoms with Crippen LogP contribution >= 0.6 is 0 Å². The van der Waals surface area contributed by atoms with E-state index in [1.165, 1.54) is 29.4 Å². The van der Waals surface area contributed by atoms with E-state index in [1.807, 2.05) is 0 Å². The average molecular weight is 270 g/mol. The van der Waals surface area contributed by atoms with E-state index >= 15 is 0 Å². The molecule has 0 radical (unpaired) electrons. The zero-order chi connectivity index (χ0) is 14.5. The van der Waals surface area contributed by atoms with Crippen LogP contribution in [0.15, 0.2) is 24.3 Å². The molecule has 1 aromatic carbocycles. The molecule has 108 valence electrons. The van der Waals surface area contributed by atoms with Crippen LogP contribution in [0.2, 0.25) is 0 Å². The molecule has 2 heteroatoms. The number of unbranched alkanes of at least 4 members (excludes halogenated alkanes) is 1. The summed E-state index contributed by atoms with van der Waals surface area (Å²) in [5.41, 5.74) is 3.72. The Morgan fingerprint density at radius 2 is 1.80 bits per heavy atom. The van der Waals surface area contributed by atoms with E-state index < -0.39 is 0 Å². The molecule has 1 aromatic heterocycles. The van der Waals surface area contributed by atoms with E-state index in [4.69, 9.17) is 4.98 Å². The second-order valence-electron chi connectivity index (χ2n) is 5.66. The Balaban J connectivity index is 2.41. The highest BCUT2D eigenvalue weighted by Gasteiger charge is 2.09. The van der Waals surface area contributed by atoms with Crippen LogP contribution in [0.1, 0.15) is 44.2 Å². The van der Waals surface area contributed by atoms with Crippen molar-refractivity contribution in [3.8, 4) is 0 Å². The van der Waals surface area contributed by atoms with Gasteiger partial charge in [0.25, 0.3) is 0 Å². The van der Waals surface area contributed by atoms with Gasteiger partial charge < -0.3 is 4.90 Å². The molecule has 0 saturated heterocycles. The van der Waals surface area contributed by atoms with Gasteiger partial charge in [-0.25, -0.2) is 4.98 Å². The Hall–Kier alpha value is -1.57. The Bertz CT molecular complexity index is 575. The lowest BCUT2D eigenvalue weighted by atomic mass is 10.1. The molecule has 0 aliphatic heterocycles. The highest BCUT2D eigenvalue weighted by molar-refractivity contribution is 5.84. The van der Waals surface area contributed by atoms with Crippen molar-refractivity contribution in [2.24, 2.45) is 0 Å². The number of hydrogen-bond donors (Lipinski definition) is 0. The number of aryl methyl sites for hydroxylation is 2. The van der Waals surface area contributed by atoms with E-state index in [2.05, 4.69) is 56.9 Å². The topological polar surface area (TPSA) is 16.1 Å². The van der Waals surface area contributed by atoms with Crippen LogP contribution in [0.5, 0.6) is 0 Å². The molecule has 0 fully saturated rings. The molecule has 20 heavy (non-hydrogen) atoms. The molecule has 2 aromatic rings. The molecule has 2 rings (SSSR count). The number of anilines is 1. The highest BCUT2D eigenvalue weighted by Crippen LogP contribution is 2.23. The Morgan fingerprint density at radius 1 is 1.00 bits per heavy atom. The fourth-order valence-corrected chi connectivity index (χ4v) is 2.62. The third-order valence-electron chi connectivity index (χ3n) is 3.76. The minimum Gasteiger partial charge on any atom is -0.357 e. The van der Waals surface area contributed by atoms with Gasteiger partial charge in [0.2, 0.25) is 0 Å². The van der Waals surface area contributed by atoms with Crippen molar-refractivity contribution in [1.29, 1.82) is 0 Å². The van der Waals surface area contributed by atoms with Gasteiger partial charge in [-0.15, -0.1) is 0 Å². The molecule has 0 aliphatic rings. The number of benzene rings is 1. The van der Waals surface area contributed by atoms with E-state index in [9.17, 15) is 0 Å². The first-order valence-electron chi connectivity index (χ1n) is 7.78. The van der Waals surface area contributed by atoms with Crippen LogP contribution in [0.25, 0.3) is 10.9 Å². The molecule has 2 nitrogen and oxygen atoms in total. The molecule has 0 N–H and O–H groups in total. The fraction of sp³-hybridized carbons (Fsp3) is 0.500. The minimum absolute atomic E-state index is 1.09.